The Balaban J connectivity index is 0. The van der Waals surface area contributed by atoms with E-state index in [-0.39, 0.29) is 36.2 Å². The summed E-state index contributed by atoms with van der Waals surface area (Å²) in [4.78, 5) is 11.2. The van der Waals surface area contributed by atoms with Gasteiger partial charge in [0.2, 0.25) is 0 Å². The van der Waals surface area contributed by atoms with Gasteiger partial charge in [0.15, 0.2) is 0 Å². The van der Waals surface area contributed by atoms with E-state index < -0.39 is 21.8 Å². The number of rotatable bonds is 11. The molecule has 0 radical (unpaired) electrons. The van der Waals surface area contributed by atoms with Crippen molar-refractivity contribution in [2.45, 2.75) is 58.3 Å². The molecule has 5 nitrogen and oxygen atoms in total. The van der Waals surface area contributed by atoms with Gasteiger partial charge in [0, 0.05) is 6.42 Å². The zero-order chi connectivity index (χ0) is 13.9. The third-order valence-corrected chi connectivity index (χ3v) is 3.27. The third kappa shape index (κ3) is 18.4. The molecule has 0 aliphatic heterocycles. The molecular weight excluding hydrogens is 279 g/mol. The van der Waals surface area contributed by atoms with Crippen LogP contribution < -0.4 is 29.6 Å². The molecule has 0 amide bonds. The monoisotopic (exact) mass is 303 g/mol. The smallest absolute Gasteiger partial charge is 0.464 e. The fraction of sp³-hybridized carbons (Fsp3) is 0.917. The summed E-state index contributed by atoms with van der Waals surface area (Å²) < 4.78 is 33.8. The van der Waals surface area contributed by atoms with E-state index in [0.29, 0.717) is 6.42 Å². The van der Waals surface area contributed by atoms with Crippen LogP contribution in [0.1, 0.15) is 58.3 Å². The van der Waals surface area contributed by atoms with Crippen LogP contribution in [-0.2, 0) is 19.6 Å². The van der Waals surface area contributed by atoms with E-state index in [4.69, 9.17) is 4.55 Å². The molecule has 0 bridgehead atoms. The van der Waals surface area contributed by atoms with Crippen LogP contribution in [0.3, 0.4) is 0 Å². The second-order valence-corrected chi connectivity index (χ2v) is 5.95. The SMILES string of the molecule is CCCCCCCCCC(=O)OCCS(=O)(=O)O.[Na+]. The molecule has 7 heteroatoms. The molecule has 0 aliphatic carbocycles. The van der Waals surface area contributed by atoms with Gasteiger partial charge in [0.1, 0.15) is 12.4 Å². The van der Waals surface area contributed by atoms with Gasteiger partial charge in [-0.15, -0.1) is 0 Å². The maximum atomic E-state index is 11.2. The molecule has 0 aromatic rings. The summed E-state index contributed by atoms with van der Waals surface area (Å²) in [6, 6.07) is 0. The summed E-state index contributed by atoms with van der Waals surface area (Å²) in [6.45, 7) is 1.90. The standard InChI is InChI=1S/C12H24O5S.Na/c1-2-3-4-5-6-7-8-9-12(13)17-10-11-18(14,15)16;/h2-11H2,1H3,(H,14,15,16);/q;+1. The Hall–Kier alpha value is 0.380. The summed E-state index contributed by atoms with van der Waals surface area (Å²) in [5.74, 6) is -0.928. The van der Waals surface area contributed by atoms with E-state index in [0.717, 1.165) is 19.3 Å². The fourth-order valence-corrected chi connectivity index (χ4v) is 1.85. The van der Waals surface area contributed by atoms with Crippen LogP contribution in [0.4, 0.5) is 0 Å². The molecule has 0 heterocycles. The first-order chi connectivity index (χ1) is 8.45. The Labute approximate surface area is 138 Å². The van der Waals surface area contributed by atoms with Crippen LogP contribution >= 0.6 is 0 Å². The minimum atomic E-state index is -4.04. The zero-order valence-corrected chi connectivity index (χ0v) is 14.9. The summed E-state index contributed by atoms with van der Waals surface area (Å²) >= 11 is 0. The van der Waals surface area contributed by atoms with Crippen molar-refractivity contribution in [3.8, 4) is 0 Å². The Morgan fingerprint density at radius 1 is 1.05 bits per heavy atom. The molecule has 1 N–H and O–H groups in total. The second kappa shape index (κ2) is 13.4. The van der Waals surface area contributed by atoms with Crippen molar-refractivity contribution in [1.82, 2.24) is 0 Å². The number of hydrogen-bond acceptors (Lipinski definition) is 4. The van der Waals surface area contributed by atoms with Gasteiger partial charge in [-0.1, -0.05) is 45.4 Å². The molecule has 0 rings (SSSR count). The van der Waals surface area contributed by atoms with Crippen LogP contribution in [0, 0.1) is 0 Å². The zero-order valence-electron chi connectivity index (χ0n) is 12.1. The number of esters is 1. The van der Waals surface area contributed by atoms with Gasteiger partial charge < -0.3 is 4.74 Å². The second-order valence-electron chi connectivity index (χ2n) is 4.38. The first-order valence-electron chi connectivity index (χ1n) is 6.56. The van der Waals surface area contributed by atoms with Crippen LogP contribution in [0.25, 0.3) is 0 Å². The summed E-state index contributed by atoms with van der Waals surface area (Å²) in [5.41, 5.74) is 0. The number of ether oxygens (including phenoxy) is 1. The van der Waals surface area contributed by atoms with Crippen molar-refractivity contribution >= 4 is 16.1 Å². The van der Waals surface area contributed by atoms with Crippen molar-refractivity contribution < 1.29 is 52.1 Å². The van der Waals surface area contributed by atoms with E-state index in [1.165, 1.54) is 25.7 Å². The van der Waals surface area contributed by atoms with Crippen LogP contribution in [0.2, 0.25) is 0 Å². The third-order valence-electron chi connectivity index (χ3n) is 2.59. The van der Waals surface area contributed by atoms with Gasteiger partial charge in [-0.3, -0.25) is 9.35 Å². The average molecular weight is 303 g/mol. The normalized spacial score (nSPS) is 10.8. The summed E-state index contributed by atoms with van der Waals surface area (Å²) in [6.07, 6.45) is 8.14. The molecule has 108 valence electrons. The number of carbonyl (C=O) groups is 1. The Morgan fingerprint density at radius 2 is 1.58 bits per heavy atom. The molecule has 0 unspecified atom stereocenters. The molecule has 0 fully saturated rings. The van der Waals surface area contributed by atoms with E-state index in [2.05, 4.69) is 11.7 Å². The maximum Gasteiger partial charge on any atom is 1.00 e. The van der Waals surface area contributed by atoms with Gasteiger partial charge in [0.25, 0.3) is 10.1 Å². The predicted octanol–water partition coefficient (Wildman–Crippen LogP) is -0.438. The van der Waals surface area contributed by atoms with E-state index in [1.54, 1.807) is 0 Å². The van der Waals surface area contributed by atoms with Gasteiger partial charge in [0.05, 0.1) is 0 Å². The predicted molar refractivity (Wildman–Crippen MR) is 70.0 cm³/mol. The average Bonchev–Trinajstić information content (AvgIpc) is 2.26. The summed E-state index contributed by atoms with van der Waals surface area (Å²) in [7, 11) is -4.04. The molecule has 19 heavy (non-hydrogen) atoms. The largest absolute Gasteiger partial charge is 1.00 e. The molecule has 0 aromatic carbocycles. The van der Waals surface area contributed by atoms with Gasteiger partial charge in [-0.25, -0.2) is 0 Å². The van der Waals surface area contributed by atoms with Crippen LogP contribution in [0.5, 0.6) is 0 Å². The topological polar surface area (TPSA) is 80.7 Å². The molecule has 0 spiro atoms. The molecule has 0 saturated heterocycles. The Morgan fingerprint density at radius 3 is 2.11 bits per heavy atom. The molecule has 0 aliphatic rings. The van der Waals surface area contributed by atoms with Crippen molar-refractivity contribution in [1.29, 1.82) is 0 Å². The quantitative estimate of drug-likeness (QED) is 0.242. The molecule has 0 aromatic heterocycles. The first-order valence-corrected chi connectivity index (χ1v) is 8.17. The Bertz CT molecular complexity index is 316. The fourth-order valence-electron chi connectivity index (χ4n) is 1.56. The number of hydrogen-bond donors (Lipinski definition) is 1. The van der Waals surface area contributed by atoms with Gasteiger partial charge >= 0.3 is 35.5 Å². The van der Waals surface area contributed by atoms with Crippen molar-refractivity contribution in [2.24, 2.45) is 0 Å². The van der Waals surface area contributed by atoms with Crippen LogP contribution in [-0.4, -0.2) is 31.3 Å². The van der Waals surface area contributed by atoms with E-state index in [9.17, 15) is 13.2 Å². The van der Waals surface area contributed by atoms with Crippen LogP contribution in [0.15, 0.2) is 0 Å². The van der Waals surface area contributed by atoms with Crippen molar-refractivity contribution in [3.63, 3.8) is 0 Å². The Kier molecular flexibility index (Phi) is 15.2. The van der Waals surface area contributed by atoms with Crippen molar-refractivity contribution in [3.05, 3.63) is 0 Å². The van der Waals surface area contributed by atoms with E-state index in [1.807, 2.05) is 0 Å². The molecule has 0 atom stereocenters. The number of carbonyl (C=O) groups excluding carboxylic acids is 1. The van der Waals surface area contributed by atoms with Crippen molar-refractivity contribution in [2.75, 3.05) is 12.4 Å². The van der Waals surface area contributed by atoms with Gasteiger partial charge in [-0.2, -0.15) is 8.42 Å². The number of unbranched alkanes of at least 4 members (excludes halogenated alkanes) is 6. The van der Waals surface area contributed by atoms with E-state index >= 15 is 0 Å². The summed E-state index contributed by atoms with van der Waals surface area (Å²) in [5, 5.41) is 0. The first kappa shape index (κ1) is 21.7. The molecule has 0 saturated carbocycles. The minimum Gasteiger partial charge on any atom is -0.464 e. The minimum absolute atomic E-state index is 0. The maximum absolute atomic E-state index is 11.2. The molecular formula is C12H24NaO5S+. The van der Waals surface area contributed by atoms with Gasteiger partial charge in [-0.05, 0) is 6.42 Å².